The van der Waals surface area contributed by atoms with E-state index in [1.54, 1.807) is 0 Å². The maximum absolute atomic E-state index is 12.1. The van der Waals surface area contributed by atoms with E-state index in [9.17, 15) is 9.59 Å². The fourth-order valence-corrected chi connectivity index (χ4v) is 3.51. The summed E-state index contributed by atoms with van der Waals surface area (Å²) in [7, 11) is 1.34. The monoisotopic (exact) mass is 282 g/mol. The van der Waals surface area contributed by atoms with Gasteiger partial charge in [-0.15, -0.1) is 0 Å². The molecule has 0 aromatic heterocycles. The molecule has 0 heterocycles. The second kappa shape index (κ2) is 5.62. The topological polar surface area (TPSA) is 67.4 Å². The summed E-state index contributed by atoms with van der Waals surface area (Å²) in [6, 6.07) is -0.619. The van der Waals surface area contributed by atoms with Crippen molar-refractivity contribution in [2.45, 2.75) is 58.5 Å². The Bertz CT molecular complexity index is 389. The van der Waals surface area contributed by atoms with E-state index in [4.69, 9.17) is 4.74 Å². The predicted molar refractivity (Wildman–Crippen MR) is 76.2 cm³/mol. The SMILES string of the molecule is COC(=O)[C@@H](NC(=O)NC1C[C@@H]2CC[C@H]1C2)C(C)(C)C. The summed E-state index contributed by atoms with van der Waals surface area (Å²) >= 11 is 0. The molecule has 5 heteroatoms. The molecule has 0 aromatic carbocycles. The Morgan fingerprint density at radius 3 is 2.35 bits per heavy atom. The van der Waals surface area contributed by atoms with Crippen LogP contribution in [0.1, 0.15) is 46.5 Å². The van der Waals surface area contributed by atoms with E-state index < -0.39 is 12.0 Å². The number of urea groups is 1. The third-order valence-electron chi connectivity index (χ3n) is 4.63. The summed E-state index contributed by atoms with van der Waals surface area (Å²) in [4.78, 5) is 23.9. The van der Waals surface area contributed by atoms with Gasteiger partial charge in [0, 0.05) is 6.04 Å². The number of methoxy groups -OCH3 is 1. The quantitative estimate of drug-likeness (QED) is 0.779. The van der Waals surface area contributed by atoms with Crippen LogP contribution >= 0.6 is 0 Å². The number of fused-ring (bicyclic) bond motifs is 2. The Hall–Kier alpha value is -1.26. The second-order valence-electron chi connectivity index (χ2n) is 7.22. The standard InChI is InChI=1S/C15H26N2O3/c1-15(2,3)12(13(18)20-4)17-14(19)16-11-8-9-5-6-10(11)7-9/h9-12H,5-8H2,1-4H3,(H2,16,17,19)/t9-,10+,11?,12-/m1/s1. The first-order valence-electron chi connectivity index (χ1n) is 7.46. The highest BCUT2D eigenvalue weighted by Gasteiger charge is 2.41. The van der Waals surface area contributed by atoms with Gasteiger partial charge in [-0.25, -0.2) is 9.59 Å². The van der Waals surface area contributed by atoms with Crippen molar-refractivity contribution in [3.8, 4) is 0 Å². The van der Waals surface area contributed by atoms with E-state index in [2.05, 4.69) is 10.6 Å². The zero-order chi connectivity index (χ0) is 14.9. The molecule has 2 amide bonds. The highest BCUT2D eigenvalue weighted by atomic mass is 16.5. The van der Waals surface area contributed by atoms with E-state index in [1.807, 2.05) is 20.8 Å². The van der Waals surface area contributed by atoms with Gasteiger partial charge in [-0.2, -0.15) is 0 Å². The molecule has 2 fully saturated rings. The number of esters is 1. The molecular formula is C15H26N2O3. The zero-order valence-electron chi connectivity index (χ0n) is 12.9. The van der Waals surface area contributed by atoms with Crippen molar-refractivity contribution in [1.29, 1.82) is 0 Å². The van der Waals surface area contributed by atoms with Crippen molar-refractivity contribution in [3.63, 3.8) is 0 Å². The fraction of sp³-hybridized carbons (Fsp3) is 0.867. The lowest BCUT2D eigenvalue weighted by Crippen LogP contribution is -2.54. The summed E-state index contributed by atoms with van der Waals surface area (Å²) < 4.78 is 4.78. The van der Waals surface area contributed by atoms with Gasteiger partial charge in [0.1, 0.15) is 6.04 Å². The van der Waals surface area contributed by atoms with Gasteiger partial charge in [-0.3, -0.25) is 0 Å². The van der Waals surface area contributed by atoms with E-state index in [1.165, 1.54) is 26.4 Å². The summed E-state index contributed by atoms with van der Waals surface area (Å²) in [6.45, 7) is 5.73. The smallest absolute Gasteiger partial charge is 0.328 e. The highest BCUT2D eigenvalue weighted by Crippen LogP contribution is 2.44. The number of ether oxygens (including phenoxy) is 1. The minimum absolute atomic E-state index is 0.257. The first kappa shape index (κ1) is 15.1. The molecule has 0 aromatic rings. The Morgan fingerprint density at radius 1 is 1.20 bits per heavy atom. The van der Waals surface area contributed by atoms with E-state index >= 15 is 0 Å². The normalized spacial score (nSPS) is 29.9. The molecule has 2 aliphatic carbocycles. The van der Waals surface area contributed by atoms with Crippen molar-refractivity contribution in [1.82, 2.24) is 10.6 Å². The molecule has 2 saturated carbocycles. The van der Waals surface area contributed by atoms with Crippen LogP contribution in [-0.2, 0) is 9.53 Å². The second-order valence-corrected chi connectivity index (χ2v) is 7.22. The number of carbonyl (C=O) groups excluding carboxylic acids is 2. The molecule has 20 heavy (non-hydrogen) atoms. The number of hydrogen-bond acceptors (Lipinski definition) is 3. The lowest BCUT2D eigenvalue weighted by molar-refractivity contribution is -0.145. The van der Waals surface area contributed by atoms with Crippen molar-refractivity contribution < 1.29 is 14.3 Å². The number of amides is 2. The van der Waals surface area contributed by atoms with Crippen LogP contribution in [0.5, 0.6) is 0 Å². The van der Waals surface area contributed by atoms with Crippen molar-refractivity contribution >= 4 is 12.0 Å². The molecule has 2 aliphatic rings. The van der Waals surface area contributed by atoms with Crippen LogP contribution in [0.4, 0.5) is 4.79 Å². The Kier molecular flexibility index (Phi) is 4.25. The third kappa shape index (κ3) is 3.25. The molecule has 0 radical (unpaired) electrons. The summed E-state index contributed by atoms with van der Waals surface area (Å²) in [6.07, 6.45) is 4.84. The third-order valence-corrected chi connectivity index (χ3v) is 4.63. The van der Waals surface area contributed by atoms with Gasteiger partial charge in [0.2, 0.25) is 0 Å². The largest absolute Gasteiger partial charge is 0.467 e. The molecule has 0 aliphatic heterocycles. The molecular weight excluding hydrogens is 256 g/mol. The summed E-state index contributed by atoms with van der Waals surface area (Å²) in [5.41, 5.74) is -0.376. The van der Waals surface area contributed by atoms with Crippen LogP contribution < -0.4 is 10.6 Å². The average Bonchev–Trinajstić information content (AvgIpc) is 2.95. The molecule has 2 N–H and O–H groups in total. The summed E-state index contributed by atoms with van der Waals surface area (Å²) in [5.74, 6) is 1.00. The van der Waals surface area contributed by atoms with Crippen LogP contribution in [0.3, 0.4) is 0 Å². The Morgan fingerprint density at radius 2 is 1.90 bits per heavy atom. The molecule has 1 unspecified atom stereocenters. The molecule has 0 spiro atoms. The van der Waals surface area contributed by atoms with Crippen molar-refractivity contribution in [2.24, 2.45) is 17.3 Å². The summed E-state index contributed by atoms with van der Waals surface area (Å²) in [5, 5.41) is 5.80. The van der Waals surface area contributed by atoms with Gasteiger partial charge < -0.3 is 15.4 Å². The van der Waals surface area contributed by atoms with Gasteiger partial charge in [-0.1, -0.05) is 27.2 Å². The number of carbonyl (C=O) groups is 2. The average molecular weight is 282 g/mol. The molecule has 114 valence electrons. The zero-order valence-corrected chi connectivity index (χ0v) is 12.9. The van der Waals surface area contributed by atoms with Gasteiger partial charge in [0.25, 0.3) is 0 Å². The van der Waals surface area contributed by atoms with Gasteiger partial charge in [0.15, 0.2) is 0 Å². The lowest BCUT2D eigenvalue weighted by atomic mass is 9.87. The van der Waals surface area contributed by atoms with Gasteiger partial charge in [-0.05, 0) is 36.5 Å². The molecule has 4 atom stereocenters. The van der Waals surface area contributed by atoms with Gasteiger partial charge in [0.05, 0.1) is 7.11 Å². The maximum Gasteiger partial charge on any atom is 0.328 e. The number of rotatable bonds is 3. The van der Waals surface area contributed by atoms with Crippen LogP contribution in [0.25, 0.3) is 0 Å². The van der Waals surface area contributed by atoms with Crippen LogP contribution in [0.15, 0.2) is 0 Å². The molecule has 0 saturated heterocycles. The van der Waals surface area contributed by atoms with E-state index in [-0.39, 0.29) is 17.5 Å². The van der Waals surface area contributed by atoms with Crippen LogP contribution in [-0.4, -0.2) is 31.2 Å². The van der Waals surface area contributed by atoms with Crippen LogP contribution in [0, 0.1) is 17.3 Å². The van der Waals surface area contributed by atoms with E-state index in [0.717, 1.165) is 12.3 Å². The van der Waals surface area contributed by atoms with Gasteiger partial charge >= 0.3 is 12.0 Å². The Balaban J connectivity index is 1.90. The predicted octanol–water partition coefficient (Wildman–Crippen LogP) is 2.06. The minimum atomic E-state index is -0.633. The maximum atomic E-state index is 12.1. The highest BCUT2D eigenvalue weighted by molar-refractivity contribution is 5.84. The molecule has 5 nitrogen and oxygen atoms in total. The lowest BCUT2D eigenvalue weighted by Gasteiger charge is -2.30. The minimum Gasteiger partial charge on any atom is -0.467 e. The fourth-order valence-electron chi connectivity index (χ4n) is 3.51. The number of nitrogens with one attached hydrogen (secondary N) is 2. The van der Waals surface area contributed by atoms with Crippen molar-refractivity contribution in [2.75, 3.05) is 7.11 Å². The number of hydrogen-bond donors (Lipinski definition) is 2. The first-order chi connectivity index (χ1) is 9.31. The van der Waals surface area contributed by atoms with Crippen molar-refractivity contribution in [3.05, 3.63) is 0 Å². The van der Waals surface area contributed by atoms with Crippen LogP contribution in [0.2, 0.25) is 0 Å². The van der Waals surface area contributed by atoms with E-state index in [0.29, 0.717) is 5.92 Å². The molecule has 2 bridgehead atoms. The first-order valence-corrected chi connectivity index (χ1v) is 7.46. The Labute approximate surface area is 120 Å². The molecule has 2 rings (SSSR count).